The Kier molecular flexibility index (Phi) is 7.24. The van der Waals surface area contributed by atoms with Crippen molar-refractivity contribution in [3.05, 3.63) is 125 Å². The zero-order chi connectivity index (χ0) is 31.1. The topological polar surface area (TPSA) is 61.3 Å². The summed E-state index contributed by atoms with van der Waals surface area (Å²) in [6.07, 6.45) is 1.70. The monoisotopic (exact) mass is 595 g/mol. The third kappa shape index (κ3) is 4.45. The summed E-state index contributed by atoms with van der Waals surface area (Å²) in [4.78, 5) is 23.8. The molecule has 3 heterocycles. The summed E-state index contributed by atoms with van der Waals surface area (Å²) in [6, 6.07) is 32.5. The van der Waals surface area contributed by atoms with Gasteiger partial charge in [0.2, 0.25) is 0 Å². The van der Waals surface area contributed by atoms with E-state index in [1.807, 2.05) is 60.7 Å². The van der Waals surface area contributed by atoms with Gasteiger partial charge in [-0.1, -0.05) is 54.6 Å². The molecule has 7 nitrogen and oxygen atoms in total. The summed E-state index contributed by atoms with van der Waals surface area (Å²) in [5, 5.41) is 7.66. The molecule has 0 fully saturated rings. The van der Waals surface area contributed by atoms with Crippen molar-refractivity contribution in [2.24, 2.45) is 5.10 Å². The molecule has 0 atom stereocenters. The number of carbonyl (C=O) groups is 1. The molecule has 0 unspecified atom stereocenters. The first kappa shape index (κ1) is 28.6. The smallest absolute Gasteiger partial charge is 0.275 e. The number of hydrazone groups is 1. The summed E-state index contributed by atoms with van der Waals surface area (Å²) in [5.41, 5.74) is 5.93. The lowest BCUT2D eigenvalue weighted by atomic mass is 9.75. The number of aromatic nitrogens is 1. The fraction of sp³-hybridized carbons (Fsp3) is 0.237. The van der Waals surface area contributed by atoms with E-state index in [1.165, 1.54) is 0 Å². The Balaban J connectivity index is 1.48. The van der Waals surface area contributed by atoms with Crippen LogP contribution in [0.2, 0.25) is 0 Å². The van der Waals surface area contributed by atoms with E-state index in [0.717, 1.165) is 76.6 Å². The van der Waals surface area contributed by atoms with Gasteiger partial charge in [-0.3, -0.25) is 4.79 Å². The van der Waals surface area contributed by atoms with Crippen LogP contribution in [0.1, 0.15) is 60.4 Å². The number of anilines is 2. The van der Waals surface area contributed by atoms with Gasteiger partial charge < -0.3 is 14.5 Å². The molecule has 7 rings (SSSR count). The fourth-order valence-electron chi connectivity index (χ4n) is 6.92. The molecule has 4 aromatic carbocycles. The fourth-order valence-corrected chi connectivity index (χ4v) is 6.92. The van der Waals surface area contributed by atoms with Gasteiger partial charge in [-0.2, -0.15) is 5.10 Å². The van der Waals surface area contributed by atoms with Crippen LogP contribution in [0.3, 0.4) is 0 Å². The second-order valence-electron chi connectivity index (χ2n) is 11.4. The molecule has 0 saturated carbocycles. The van der Waals surface area contributed by atoms with E-state index in [4.69, 9.17) is 14.8 Å². The lowest BCUT2D eigenvalue weighted by molar-refractivity contribution is 0.0675. The van der Waals surface area contributed by atoms with Crippen LogP contribution in [0.5, 0.6) is 11.5 Å². The van der Waals surface area contributed by atoms with Crippen molar-refractivity contribution in [2.45, 2.75) is 33.2 Å². The third-order valence-electron chi connectivity index (χ3n) is 9.17. The number of ether oxygens (including phenoxy) is 1. The Bertz CT molecular complexity index is 1880. The van der Waals surface area contributed by atoms with Gasteiger partial charge in [-0.15, -0.1) is 0 Å². The van der Waals surface area contributed by atoms with Gasteiger partial charge >= 0.3 is 0 Å². The molecule has 0 bridgehead atoms. The minimum atomic E-state index is -1.03. The Hall–Kier alpha value is -5.17. The predicted molar refractivity (Wildman–Crippen MR) is 182 cm³/mol. The van der Waals surface area contributed by atoms with Crippen molar-refractivity contribution in [1.82, 2.24) is 9.99 Å². The quantitative estimate of drug-likeness (QED) is 0.171. The molecule has 2 aliphatic rings. The first-order chi connectivity index (χ1) is 22.0. The third-order valence-corrected chi connectivity index (χ3v) is 9.17. The Labute approximate surface area is 264 Å². The van der Waals surface area contributed by atoms with Gasteiger partial charge in [-0.05, 0) is 58.0 Å². The molecule has 5 aromatic rings. The zero-order valence-corrected chi connectivity index (χ0v) is 26.2. The highest BCUT2D eigenvalue weighted by Crippen LogP contribution is 2.58. The highest BCUT2D eigenvalue weighted by molar-refractivity contribution is 6.03. The molecule has 226 valence electrons. The van der Waals surface area contributed by atoms with Crippen molar-refractivity contribution in [2.75, 3.05) is 36.0 Å². The molecule has 2 aliphatic heterocycles. The van der Waals surface area contributed by atoms with Crippen LogP contribution in [-0.2, 0) is 5.54 Å². The second-order valence-corrected chi connectivity index (χ2v) is 11.4. The number of rotatable bonds is 8. The van der Waals surface area contributed by atoms with Crippen molar-refractivity contribution >= 4 is 34.4 Å². The van der Waals surface area contributed by atoms with Crippen molar-refractivity contribution in [3.63, 3.8) is 0 Å². The van der Waals surface area contributed by atoms with E-state index in [2.05, 4.69) is 73.9 Å². The Morgan fingerprint density at radius 3 is 1.98 bits per heavy atom. The van der Waals surface area contributed by atoms with E-state index in [0.29, 0.717) is 11.3 Å². The SMILES string of the molecule is CCN(CC)c1ccc2c(c1)Oc1cc(N(CC)CC)ccc1C21c2ccccc2C(=O)N1/N=C/c1ccc2ccccc2n1. The number of benzene rings is 4. The Morgan fingerprint density at radius 1 is 0.733 bits per heavy atom. The van der Waals surface area contributed by atoms with Gasteiger partial charge in [-0.25, -0.2) is 9.99 Å². The number of pyridine rings is 1. The number of fused-ring (bicyclic) bond motifs is 7. The molecule has 1 aromatic heterocycles. The van der Waals surface area contributed by atoms with Crippen molar-refractivity contribution < 1.29 is 9.53 Å². The molecule has 0 aliphatic carbocycles. The zero-order valence-electron chi connectivity index (χ0n) is 26.2. The lowest BCUT2D eigenvalue weighted by Gasteiger charge is -2.42. The minimum Gasteiger partial charge on any atom is -0.456 e. The molecular weight excluding hydrogens is 558 g/mol. The van der Waals surface area contributed by atoms with Gasteiger partial charge in [0.1, 0.15) is 17.0 Å². The molecule has 7 heteroatoms. The van der Waals surface area contributed by atoms with Crippen LogP contribution in [0, 0.1) is 0 Å². The number of amides is 1. The normalized spacial score (nSPS) is 14.4. The van der Waals surface area contributed by atoms with E-state index >= 15 is 0 Å². The van der Waals surface area contributed by atoms with Crippen LogP contribution in [0.15, 0.2) is 102 Å². The van der Waals surface area contributed by atoms with Crippen molar-refractivity contribution in [1.29, 1.82) is 0 Å². The highest BCUT2D eigenvalue weighted by atomic mass is 16.5. The maximum absolute atomic E-state index is 14.4. The molecule has 1 amide bonds. The molecule has 45 heavy (non-hydrogen) atoms. The molecule has 1 spiro atoms. The maximum atomic E-state index is 14.4. The number of hydrogen-bond donors (Lipinski definition) is 0. The Morgan fingerprint density at radius 2 is 1.33 bits per heavy atom. The lowest BCUT2D eigenvalue weighted by Crippen LogP contribution is -2.44. The van der Waals surface area contributed by atoms with E-state index in [-0.39, 0.29) is 5.91 Å². The van der Waals surface area contributed by atoms with Crippen LogP contribution in [0.25, 0.3) is 10.9 Å². The highest BCUT2D eigenvalue weighted by Gasteiger charge is 2.57. The predicted octanol–water partition coefficient (Wildman–Crippen LogP) is 7.81. The number of nitrogens with zero attached hydrogens (tertiary/aromatic N) is 5. The summed E-state index contributed by atoms with van der Waals surface area (Å²) in [5.74, 6) is 1.27. The van der Waals surface area contributed by atoms with Gasteiger partial charge in [0.15, 0.2) is 0 Å². The van der Waals surface area contributed by atoms with Gasteiger partial charge in [0.05, 0.1) is 17.4 Å². The van der Waals surface area contributed by atoms with E-state index in [1.54, 1.807) is 11.2 Å². The first-order valence-corrected chi connectivity index (χ1v) is 15.8. The van der Waals surface area contributed by atoms with Crippen LogP contribution in [0.4, 0.5) is 11.4 Å². The van der Waals surface area contributed by atoms with Crippen molar-refractivity contribution in [3.8, 4) is 11.5 Å². The standard InChI is InChI=1S/C38H37N5O2/c1-5-41(6-2)28-19-21-32-35(23-28)45-36-24-29(42(7-3)8-4)20-22-33(36)38(32)31-15-11-10-14-30(31)37(44)43(38)39-25-27-18-17-26-13-9-12-16-34(26)40-27/h9-25H,5-8H2,1-4H3/b39-25+. The first-order valence-electron chi connectivity index (χ1n) is 15.8. The van der Waals surface area contributed by atoms with E-state index in [9.17, 15) is 4.79 Å². The summed E-state index contributed by atoms with van der Waals surface area (Å²) in [6.45, 7) is 12.1. The van der Waals surface area contributed by atoms with Crippen LogP contribution < -0.4 is 14.5 Å². The summed E-state index contributed by atoms with van der Waals surface area (Å²) in [7, 11) is 0. The minimum absolute atomic E-state index is 0.165. The van der Waals surface area contributed by atoms with Crippen LogP contribution >= 0.6 is 0 Å². The molecule has 0 N–H and O–H groups in total. The van der Waals surface area contributed by atoms with Gasteiger partial charge in [0.25, 0.3) is 5.91 Å². The maximum Gasteiger partial charge on any atom is 0.275 e. The van der Waals surface area contributed by atoms with Gasteiger partial charge in [0, 0.05) is 77.3 Å². The number of para-hydroxylation sites is 1. The number of carbonyl (C=O) groups excluding carboxylic acids is 1. The molecule has 0 saturated heterocycles. The number of hydrogen-bond acceptors (Lipinski definition) is 6. The largest absolute Gasteiger partial charge is 0.456 e. The molecular formula is C38H37N5O2. The van der Waals surface area contributed by atoms with Crippen LogP contribution in [-0.4, -0.2) is 48.3 Å². The average Bonchev–Trinajstić information content (AvgIpc) is 3.32. The van der Waals surface area contributed by atoms with E-state index < -0.39 is 5.54 Å². The second kappa shape index (κ2) is 11.4. The summed E-state index contributed by atoms with van der Waals surface area (Å²) < 4.78 is 6.78. The summed E-state index contributed by atoms with van der Waals surface area (Å²) >= 11 is 0. The molecule has 0 radical (unpaired) electrons. The average molecular weight is 596 g/mol.